The van der Waals surface area contributed by atoms with Gasteiger partial charge in [0.2, 0.25) is 0 Å². The highest BCUT2D eigenvalue weighted by atomic mass is 35.5. The largest absolute Gasteiger partial charge is 0.465 e. The van der Waals surface area contributed by atoms with Gasteiger partial charge in [0.15, 0.2) is 0 Å². The van der Waals surface area contributed by atoms with E-state index in [4.69, 9.17) is 22.1 Å². The second-order valence-corrected chi connectivity index (χ2v) is 3.53. The van der Waals surface area contributed by atoms with Crippen molar-refractivity contribution in [3.05, 3.63) is 34.9 Å². The summed E-state index contributed by atoms with van der Waals surface area (Å²) in [5.41, 5.74) is 6.37. The first-order valence-electron chi connectivity index (χ1n) is 4.81. The van der Waals surface area contributed by atoms with Gasteiger partial charge >= 0.3 is 5.97 Å². The van der Waals surface area contributed by atoms with Gasteiger partial charge in [-0.25, -0.2) is 0 Å². The van der Waals surface area contributed by atoms with Gasteiger partial charge < -0.3 is 10.5 Å². The van der Waals surface area contributed by atoms with Crippen LogP contribution in [0, 0.1) is 0 Å². The lowest BCUT2D eigenvalue weighted by molar-refractivity contribution is -0.144. The SMILES string of the molecule is CCOC(=O)C(CN)c1ccc(Cl)cc1. The van der Waals surface area contributed by atoms with Crippen molar-refractivity contribution in [2.75, 3.05) is 13.2 Å². The number of hydrogen-bond donors (Lipinski definition) is 1. The van der Waals surface area contributed by atoms with Crippen LogP contribution in [-0.4, -0.2) is 19.1 Å². The number of carbonyl (C=O) groups excluding carboxylic acids is 1. The van der Waals surface area contributed by atoms with Crippen molar-refractivity contribution >= 4 is 17.6 Å². The predicted octanol–water partition coefficient (Wildman–Crippen LogP) is 1.95. The van der Waals surface area contributed by atoms with Crippen LogP contribution >= 0.6 is 11.6 Å². The molecule has 0 amide bonds. The molecule has 15 heavy (non-hydrogen) atoms. The molecular weight excluding hydrogens is 214 g/mol. The van der Waals surface area contributed by atoms with Gasteiger partial charge in [-0.2, -0.15) is 0 Å². The van der Waals surface area contributed by atoms with Crippen molar-refractivity contribution in [2.45, 2.75) is 12.8 Å². The van der Waals surface area contributed by atoms with Crippen LogP contribution < -0.4 is 5.73 Å². The molecule has 1 rings (SSSR count). The Morgan fingerprint density at radius 3 is 2.53 bits per heavy atom. The van der Waals surface area contributed by atoms with Gasteiger partial charge in [0.05, 0.1) is 12.5 Å². The van der Waals surface area contributed by atoms with Gasteiger partial charge in [0.1, 0.15) is 0 Å². The van der Waals surface area contributed by atoms with Crippen LogP contribution in [0.4, 0.5) is 0 Å². The molecule has 82 valence electrons. The molecule has 0 aromatic heterocycles. The van der Waals surface area contributed by atoms with Crippen LogP contribution in [0.25, 0.3) is 0 Å². The molecular formula is C11H14ClNO2. The van der Waals surface area contributed by atoms with E-state index in [1.54, 1.807) is 31.2 Å². The summed E-state index contributed by atoms with van der Waals surface area (Å²) in [6.07, 6.45) is 0. The molecule has 0 fully saturated rings. The zero-order chi connectivity index (χ0) is 11.3. The highest BCUT2D eigenvalue weighted by Gasteiger charge is 2.19. The molecule has 0 spiro atoms. The number of rotatable bonds is 4. The number of hydrogen-bond acceptors (Lipinski definition) is 3. The molecule has 0 aliphatic carbocycles. The molecule has 3 nitrogen and oxygen atoms in total. The quantitative estimate of drug-likeness (QED) is 0.800. The minimum Gasteiger partial charge on any atom is -0.465 e. The molecule has 0 aliphatic heterocycles. The van der Waals surface area contributed by atoms with Gasteiger partial charge in [-0.05, 0) is 24.6 Å². The maximum atomic E-state index is 11.5. The van der Waals surface area contributed by atoms with E-state index in [0.29, 0.717) is 11.6 Å². The molecule has 1 aromatic rings. The first-order valence-corrected chi connectivity index (χ1v) is 5.19. The Morgan fingerprint density at radius 2 is 2.07 bits per heavy atom. The highest BCUT2D eigenvalue weighted by Crippen LogP contribution is 2.18. The molecule has 1 atom stereocenters. The lowest BCUT2D eigenvalue weighted by Crippen LogP contribution is -2.23. The Morgan fingerprint density at radius 1 is 1.47 bits per heavy atom. The van der Waals surface area contributed by atoms with E-state index in [2.05, 4.69) is 0 Å². The van der Waals surface area contributed by atoms with Gasteiger partial charge in [0, 0.05) is 11.6 Å². The molecule has 1 aromatic carbocycles. The summed E-state index contributed by atoms with van der Waals surface area (Å²) < 4.78 is 4.93. The first kappa shape index (κ1) is 12.0. The summed E-state index contributed by atoms with van der Waals surface area (Å²) in [6.45, 7) is 2.37. The highest BCUT2D eigenvalue weighted by molar-refractivity contribution is 6.30. The molecule has 2 N–H and O–H groups in total. The molecule has 0 heterocycles. The maximum absolute atomic E-state index is 11.5. The first-order chi connectivity index (χ1) is 7.19. The molecule has 0 aliphatic rings. The summed E-state index contributed by atoms with van der Waals surface area (Å²) in [5.74, 6) is -0.690. The Balaban J connectivity index is 2.82. The third-order valence-electron chi connectivity index (χ3n) is 2.08. The summed E-state index contributed by atoms with van der Waals surface area (Å²) in [5, 5.41) is 0.637. The average Bonchev–Trinajstić information content (AvgIpc) is 2.22. The number of ether oxygens (including phenoxy) is 1. The van der Waals surface area contributed by atoms with E-state index in [1.807, 2.05) is 0 Å². The van der Waals surface area contributed by atoms with Crippen LogP contribution in [0.1, 0.15) is 18.4 Å². The number of nitrogens with two attached hydrogens (primary N) is 1. The monoisotopic (exact) mass is 227 g/mol. The Bertz CT molecular complexity index is 324. The van der Waals surface area contributed by atoms with E-state index in [0.717, 1.165) is 5.56 Å². The van der Waals surface area contributed by atoms with E-state index in [9.17, 15) is 4.79 Å². The van der Waals surface area contributed by atoms with Crippen LogP contribution in [0.3, 0.4) is 0 Å². The van der Waals surface area contributed by atoms with Crippen LogP contribution in [0.15, 0.2) is 24.3 Å². The fourth-order valence-corrected chi connectivity index (χ4v) is 1.43. The lowest BCUT2D eigenvalue weighted by Gasteiger charge is -2.13. The maximum Gasteiger partial charge on any atom is 0.314 e. The second-order valence-electron chi connectivity index (χ2n) is 3.09. The zero-order valence-electron chi connectivity index (χ0n) is 8.57. The third-order valence-corrected chi connectivity index (χ3v) is 2.33. The fraction of sp³-hybridized carbons (Fsp3) is 0.364. The summed E-state index contributed by atoms with van der Waals surface area (Å²) in [7, 11) is 0. The smallest absolute Gasteiger partial charge is 0.314 e. The van der Waals surface area contributed by atoms with Gasteiger partial charge in [-0.15, -0.1) is 0 Å². The average molecular weight is 228 g/mol. The van der Waals surface area contributed by atoms with Crippen LogP contribution in [0.2, 0.25) is 5.02 Å². The normalized spacial score (nSPS) is 12.2. The van der Waals surface area contributed by atoms with Crippen LogP contribution in [-0.2, 0) is 9.53 Å². The Hall–Kier alpha value is -1.06. The van der Waals surface area contributed by atoms with Crippen molar-refractivity contribution in [1.29, 1.82) is 0 Å². The zero-order valence-corrected chi connectivity index (χ0v) is 9.33. The minimum absolute atomic E-state index is 0.237. The summed E-state index contributed by atoms with van der Waals surface area (Å²) in [4.78, 5) is 11.5. The molecule has 4 heteroatoms. The van der Waals surface area contributed by atoms with Crippen molar-refractivity contribution in [3.8, 4) is 0 Å². The Kier molecular flexibility index (Phi) is 4.59. The predicted molar refractivity (Wildman–Crippen MR) is 59.9 cm³/mol. The number of carbonyl (C=O) groups is 1. The van der Waals surface area contributed by atoms with Gasteiger partial charge in [0.25, 0.3) is 0 Å². The lowest BCUT2D eigenvalue weighted by atomic mass is 10.00. The van der Waals surface area contributed by atoms with Gasteiger partial charge in [-0.3, -0.25) is 4.79 Å². The van der Waals surface area contributed by atoms with E-state index < -0.39 is 5.92 Å². The number of esters is 1. The van der Waals surface area contributed by atoms with E-state index in [-0.39, 0.29) is 12.5 Å². The fourth-order valence-electron chi connectivity index (χ4n) is 1.31. The van der Waals surface area contributed by atoms with E-state index >= 15 is 0 Å². The van der Waals surface area contributed by atoms with Crippen molar-refractivity contribution in [3.63, 3.8) is 0 Å². The van der Waals surface area contributed by atoms with E-state index in [1.165, 1.54) is 0 Å². The van der Waals surface area contributed by atoms with Gasteiger partial charge in [-0.1, -0.05) is 23.7 Å². The molecule has 1 unspecified atom stereocenters. The van der Waals surface area contributed by atoms with Crippen molar-refractivity contribution in [2.24, 2.45) is 5.73 Å². The second kappa shape index (κ2) is 5.73. The Labute approximate surface area is 94.2 Å². The van der Waals surface area contributed by atoms with Crippen LogP contribution in [0.5, 0.6) is 0 Å². The molecule has 0 saturated carbocycles. The van der Waals surface area contributed by atoms with Crippen molar-refractivity contribution in [1.82, 2.24) is 0 Å². The number of benzene rings is 1. The summed E-state index contributed by atoms with van der Waals surface area (Å²) >= 11 is 5.75. The minimum atomic E-state index is -0.401. The number of halogens is 1. The summed E-state index contributed by atoms with van der Waals surface area (Å²) in [6, 6.07) is 7.05. The third kappa shape index (κ3) is 3.22. The van der Waals surface area contributed by atoms with Crippen molar-refractivity contribution < 1.29 is 9.53 Å². The molecule has 0 radical (unpaired) electrons. The molecule has 0 saturated heterocycles. The standard InChI is InChI=1S/C11H14ClNO2/c1-2-15-11(14)10(7-13)8-3-5-9(12)6-4-8/h3-6,10H,2,7,13H2,1H3. The topological polar surface area (TPSA) is 52.3 Å². The molecule has 0 bridgehead atoms.